The van der Waals surface area contributed by atoms with Crippen LogP contribution in [0.3, 0.4) is 0 Å². The first kappa shape index (κ1) is 33.6. The predicted molar refractivity (Wildman–Crippen MR) is 179 cm³/mol. The molecule has 46 heavy (non-hydrogen) atoms. The molecule has 0 atom stereocenters. The maximum absolute atomic E-state index is 12.8. The summed E-state index contributed by atoms with van der Waals surface area (Å²) in [5.41, 5.74) is 1.66. The Morgan fingerprint density at radius 3 is 2.61 bits per heavy atom. The van der Waals surface area contributed by atoms with Crippen LogP contribution in [0.5, 0.6) is 5.75 Å². The first-order chi connectivity index (χ1) is 22.5. The number of anilines is 1. The van der Waals surface area contributed by atoms with E-state index in [0.29, 0.717) is 65.1 Å². The van der Waals surface area contributed by atoms with E-state index in [-0.39, 0.29) is 30.3 Å². The summed E-state index contributed by atoms with van der Waals surface area (Å²) < 4.78 is 17.3. The lowest BCUT2D eigenvalue weighted by atomic mass is 10.2. The van der Waals surface area contributed by atoms with Crippen LogP contribution in [0.4, 0.5) is 5.82 Å². The van der Waals surface area contributed by atoms with Crippen molar-refractivity contribution in [3.05, 3.63) is 47.4 Å². The molecule has 2 aliphatic heterocycles. The summed E-state index contributed by atoms with van der Waals surface area (Å²) in [6.07, 6.45) is 3.55. The van der Waals surface area contributed by atoms with Gasteiger partial charge in [0.2, 0.25) is 5.91 Å². The van der Waals surface area contributed by atoms with E-state index in [1.165, 1.54) is 11.0 Å². The number of rotatable bonds is 16. The summed E-state index contributed by atoms with van der Waals surface area (Å²) in [6, 6.07) is 9.16. The summed E-state index contributed by atoms with van der Waals surface area (Å²) >= 11 is 1.71. The largest absolute Gasteiger partial charge is 0.508 e. The number of thiophene rings is 1. The maximum atomic E-state index is 12.8. The lowest BCUT2D eigenvalue weighted by Gasteiger charge is -2.34. The van der Waals surface area contributed by atoms with Crippen LogP contribution in [0.1, 0.15) is 17.7 Å². The van der Waals surface area contributed by atoms with Crippen molar-refractivity contribution in [2.75, 3.05) is 90.4 Å². The first-order valence-electron chi connectivity index (χ1n) is 15.7. The average Bonchev–Trinajstić information content (AvgIpc) is 3.49. The van der Waals surface area contributed by atoms with E-state index < -0.39 is 0 Å². The van der Waals surface area contributed by atoms with E-state index in [1.54, 1.807) is 35.6 Å². The van der Waals surface area contributed by atoms with Crippen molar-refractivity contribution in [2.24, 2.45) is 4.99 Å². The molecule has 0 radical (unpaired) electrons. The minimum atomic E-state index is -0.0829. The zero-order chi connectivity index (χ0) is 32.1. The molecule has 0 bridgehead atoms. The van der Waals surface area contributed by atoms with Crippen LogP contribution in [0, 0.1) is 0 Å². The number of phenols is 1. The summed E-state index contributed by atoms with van der Waals surface area (Å²) in [5, 5.41) is 10.0. The Balaban J connectivity index is 1.10. The molecule has 5 rings (SSSR count). The first-order valence-corrected chi connectivity index (χ1v) is 16.5. The molecule has 4 heterocycles. The minimum Gasteiger partial charge on any atom is -0.508 e. The molecule has 2 saturated heterocycles. The molecule has 1 N–H and O–H groups in total. The van der Waals surface area contributed by atoms with Gasteiger partial charge in [-0.05, 0) is 31.0 Å². The van der Waals surface area contributed by atoms with E-state index in [4.69, 9.17) is 24.2 Å². The molecule has 0 unspecified atom stereocenters. The highest BCUT2D eigenvalue weighted by molar-refractivity contribution is 7.19. The van der Waals surface area contributed by atoms with Crippen molar-refractivity contribution in [1.29, 1.82) is 0 Å². The molecule has 2 aliphatic rings. The Bertz CT molecular complexity index is 1500. The predicted octanol–water partition coefficient (Wildman–Crippen LogP) is 3.18. The van der Waals surface area contributed by atoms with Crippen molar-refractivity contribution in [3.8, 4) is 17.1 Å². The Labute approximate surface area is 273 Å². The number of fused-ring (bicyclic) bond motifs is 1. The van der Waals surface area contributed by atoms with Gasteiger partial charge in [-0.15, -0.1) is 11.3 Å². The number of benzene rings is 1. The highest BCUT2D eigenvalue weighted by Crippen LogP contribution is 2.35. The molecular formula is C33H42N6O6S. The second-order valence-electron chi connectivity index (χ2n) is 11.1. The van der Waals surface area contributed by atoms with Crippen molar-refractivity contribution < 1.29 is 28.9 Å². The third kappa shape index (κ3) is 9.63. The normalized spacial score (nSPS) is 16.0. The fourth-order valence-electron chi connectivity index (χ4n) is 5.33. The summed E-state index contributed by atoms with van der Waals surface area (Å²) in [6.45, 7) is 12.1. The van der Waals surface area contributed by atoms with E-state index in [0.717, 1.165) is 54.3 Å². The Kier molecular flexibility index (Phi) is 12.6. The third-order valence-electron chi connectivity index (χ3n) is 7.79. The number of morpholine rings is 1. The van der Waals surface area contributed by atoms with E-state index in [2.05, 4.69) is 27.6 Å². The molecule has 13 heteroatoms. The number of ether oxygens (including phenoxy) is 3. The number of aliphatic imine (C=N–C) groups is 1. The van der Waals surface area contributed by atoms with Gasteiger partial charge >= 0.3 is 0 Å². The van der Waals surface area contributed by atoms with E-state index in [9.17, 15) is 14.7 Å². The van der Waals surface area contributed by atoms with Crippen LogP contribution in [0.2, 0.25) is 0 Å². The SMILES string of the molecule is C=NCCOCCOC/C=C/C(=O)CCC(=O)N1CCN(Cc2cc3nc(-c4cccc(O)c4)nc(N4CCOCC4)c3s2)CC1. The van der Waals surface area contributed by atoms with Crippen LogP contribution in [-0.4, -0.2) is 129 Å². The molecule has 0 aliphatic carbocycles. The number of phenolic OH excluding ortho intramolecular Hbond substituents is 1. The number of hydrogen-bond donors (Lipinski definition) is 1. The topological polar surface area (TPSA) is 130 Å². The lowest BCUT2D eigenvalue weighted by molar-refractivity contribution is -0.134. The maximum Gasteiger partial charge on any atom is 0.223 e. The van der Waals surface area contributed by atoms with Gasteiger partial charge in [-0.3, -0.25) is 19.5 Å². The molecule has 0 spiro atoms. The van der Waals surface area contributed by atoms with Crippen LogP contribution in [-0.2, 0) is 30.3 Å². The molecule has 12 nitrogen and oxygen atoms in total. The molecule has 1 amide bonds. The summed E-state index contributed by atoms with van der Waals surface area (Å²) in [7, 11) is 0. The lowest BCUT2D eigenvalue weighted by Crippen LogP contribution is -2.48. The van der Waals surface area contributed by atoms with Gasteiger partial charge in [0.05, 0.1) is 56.4 Å². The van der Waals surface area contributed by atoms with Gasteiger partial charge in [0.1, 0.15) is 5.75 Å². The highest BCUT2D eigenvalue weighted by Gasteiger charge is 2.24. The number of aromatic nitrogens is 2. The third-order valence-corrected chi connectivity index (χ3v) is 8.90. The number of carbonyl (C=O) groups is 2. The zero-order valence-electron chi connectivity index (χ0n) is 26.1. The molecule has 3 aromatic rings. The van der Waals surface area contributed by atoms with Gasteiger partial charge in [0.25, 0.3) is 0 Å². The van der Waals surface area contributed by atoms with Gasteiger partial charge in [0, 0.05) is 69.1 Å². The number of hydrogen-bond acceptors (Lipinski definition) is 12. The number of allylic oxidation sites excluding steroid dienone is 1. The van der Waals surface area contributed by atoms with Crippen LogP contribution < -0.4 is 4.90 Å². The number of piperazine rings is 1. The standard InChI is InChI=1S/C33H42N6O6S/c1-34-9-17-44-21-20-43-16-3-6-26(40)7-8-30(42)38-12-10-37(11-13-38)24-28-23-29-31(46-28)33(39-14-18-45-19-15-39)36-32(35-29)25-4-2-5-27(41)22-25/h2-6,22-23,41H,1,7-21,24H2/b6-3+. The Morgan fingerprint density at radius 1 is 1.02 bits per heavy atom. The number of aromatic hydroxyl groups is 1. The molecule has 0 saturated carbocycles. The fourth-order valence-corrected chi connectivity index (χ4v) is 6.49. The molecule has 246 valence electrons. The molecule has 1 aromatic carbocycles. The van der Waals surface area contributed by atoms with Gasteiger partial charge in [-0.2, -0.15) is 0 Å². The minimum absolute atomic E-state index is 0.00980. The van der Waals surface area contributed by atoms with E-state index in [1.807, 2.05) is 11.0 Å². The van der Waals surface area contributed by atoms with Crippen LogP contribution in [0.25, 0.3) is 21.6 Å². The van der Waals surface area contributed by atoms with Gasteiger partial charge in [0.15, 0.2) is 17.4 Å². The van der Waals surface area contributed by atoms with Gasteiger partial charge in [-0.25, -0.2) is 9.97 Å². The molecule has 2 aromatic heterocycles. The molecular weight excluding hydrogens is 608 g/mol. The summed E-state index contributed by atoms with van der Waals surface area (Å²) in [4.78, 5) is 46.2. The van der Waals surface area contributed by atoms with Crippen molar-refractivity contribution in [1.82, 2.24) is 19.8 Å². The highest BCUT2D eigenvalue weighted by atomic mass is 32.1. The number of carbonyl (C=O) groups excluding carboxylic acids is 2. The second-order valence-corrected chi connectivity index (χ2v) is 12.2. The monoisotopic (exact) mass is 650 g/mol. The number of amides is 1. The number of nitrogens with zero attached hydrogens (tertiary/aromatic N) is 6. The van der Waals surface area contributed by atoms with Crippen LogP contribution in [0.15, 0.2) is 47.5 Å². The smallest absolute Gasteiger partial charge is 0.223 e. The van der Waals surface area contributed by atoms with Gasteiger partial charge < -0.3 is 29.1 Å². The molecule has 2 fully saturated rings. The van der Waals surface area contributed by atoms with Crippen LogP contribution >= 0.6 is 11.3 Å². The zero-order valence-corrected chi connectivity index (χ0v) is 27.0. The van der Waals surface area contributed by atoms with Gasteiger partial charge in [-0.1, -0.05) is 18.2 Å². The second kappa shape index (κ2) is 17.2. The Hall–Kier alpha value is -3.75. The quantitative estimate of drug-likeness (QED) is 0.140. The van der Waals surface area contributed by atoms with Crippen molar-refractivity contribution in [3.63, 3.8) is 0 Å². The average molecular weight is 651 g/mol. The number of ketones is 1. The van der Waals surface area contributed by atoms with Crippen molar-refractivity contribution in [2.45, 2.75) is 19.4 Å². The van der Waals surface area contributed by atoms with E-state index >= 15 is 0 Å². The fraction of sp³-hybridized carbons (Fsp3) is 0.485. The summed E-state index contributed by atoms with van der Waals surface area (Å²) in [5.74, 6) is 1.59. The Morgan fingerprint density at radius 2 is 1.83 bits per heavy atom. The van der Waals surface area contributed by atoms with Crippen molar-refractivity contribution >= 4 is 45.8 Å².